The van der Waals surface area contributed by atoms with E-state index in [1.807, 2.05) is 0 Å². The summed E-state index contributed by atoms with van der Waals surface area (Å²) in [5.74, 6) is 0. The van der Waals surface area contributed by atoms with Crippen LogP contribution in [0.4, 0.5) is 0 Å². The number of rotatable bonds is 10. The molecule has 98 valence electrons. The quantitative estimate of drug-likeness (QED) is 0.391. The molecule has 0 aromatic rings. The molecule has 0 spiro atoms. The van der Waals surface area contributed by atoms with Crippen molar-refractivity contribution in [3.05, 3.63) is 0 Å². The zero-order chi connectivity index (χ0) is 12.4. The van der Waals surface area contributed by atoms with E-state index in [9.17, 15) is 4.57 Å². The van der Waals surface area contributed by atoms with Gasteiger partial charge < -0.3 is 19.8 Å². The van der Waals surface area contributed by atoms with Crippen LogP contribution in [0.3, 0.4) is 0 Å². The second kappa shape index (κ2) is 9.10. The molecule has 0 aromatic heterocycles. The van der Waals surface area contributed by atoms with Crippen LogP contribution in [0, 0.1) is 0 Å². The summed E-state index contributed by atoms with van der Waals surface area (Å²) in [4.78, 5) is 19.1. The molecule has 0 radical (unpaired) electrons. The summed E-state index contributed by atoms with van der Waals surface area (Å²) in [5, 5.41) is 8.71. The van der Waals surface area contributed by atoms with Gasteiger partial charge in [-0.25, -0.2) is 4.57 Å². The highest BCUT2D eigenvalue weighted by Crippen LogP contribution is 2.35. The van der Waals surface area contributed by atoms with E-state index in [1.54, 1.807) is 0 Å². The van der Waals surface area contributed by atoms with Crippen molar-refractivity contribution in [2.45, 2.75) is 26.2 Å². The predicted octanol–water partition coefficient (Wildman–Crippen LogP) is 0.580. The third-order valence-corrected chi connectivity index (χ3v) is 2.57. The number of phosphoric ester groups is 1. The van der Waals surface area contributed by atoms with E-state index in [1.165, 1.54) is 0 Å². The Morgan fingerprint density at radius 2 is 1.81 bits per heavy atom. The average molecular weight is 255 g/mol. The van der Waals surface area contributed by atoms with Gasteiger partial charge in [0.15, 0.2) is 0 Å². The summed E-state index contributed by atoms with van der Waals surface area (Å²) >= 11 is 0. The van der Waals surface area contributed by atoms with Crippen LogP contribution in [-0.4, -0.2) is 52.6 Å². The fourth-order valence-electron chi connectivity index (χ4n) is 1.42. The Bertz CT molecular complexity index is 208. The Morgan fingerprint density at radius 1 is 1.19 bits per heavy atom. The lowest BCUT2D eigenvalue weighted by Gasteiger charge is -2.21. The fourth-order valence-corrected chi connectivity index (χ4v) is 1.78. The maximum absolute atomic E-state index is 10.4. The topological polar surface area (TPSA) is 90.2 Å². The van der Waals surface area contributed by atoms with E-state index in [0.717, 1.165) is 32.5 Å². The van der Waals surface area contributed by atoms with Crippen molar-refractivity contribution in [3.8, 4) is 0 Å². The third-order valence-electron chi connectivity index (χ3n) is 2.05. The molecule has 0 bridgehead atoms. The van der Waals surface area contributed by atoms with Crippen molar-refractivity contribution in [3.63, 3.8) is 0 Å². The molecule has 3 N–H and O–H groups in total. The summed E-state index contributed by atoms with van der Waals surface area (Å²) in [6.45, 7) is 4.75. The van der Waals surface area contributed by atoms with Crippen LogP contribution in [0.1, 0.15) is 26.2 Å². The number of hydrogen-bond acceptors (Lipinski definition) is 4. The molecule has 0 fully saturated rings. The number of aliphatic hydroxyl groups is 1. The maximum atomic E-state index is 10.4. The van der Waals surface area contributed by atoms with Crippen LogP contribution in [0.15, 0.2) is 0 Å². The molecule has 0 amide bonds. The molecule has 0 aliphatic rings. The molecule has 0 saturated heterocycles. The molecule has 6 nitrogen and oxygen atoms in total. The van der Waals surface area contributed by atoms with Gasteiger partial charge in [-0.2, -0.15) is 0 Å². The van der Waals surface area contributed by atoms with Crippen LogP contribution >= 0.6 is 7.82 Å². The zero-order valence-electron chi connectivity index (χ0n) is 9.71. The average Bonchev–Trinajstić information content (AvgIpc) is 2.19. The van der Waals surface area contributed by atoms with Gasteiger partial charge in [-0.15, -0.1) is 0 Å². The molecule has 7 heteroatoms. The summed E-state index contributed by atoms with van der Waals surface area (Å²) in [7, 11) is -4.32. The van der Waals surface area contributed by atoms with Gasteiger partial charge in [-0.3, -0.25) is 4.52 Å². The Kier molecular flexibility index (Phi) is 9.12. The number of phosphoric acid groups is 1. The molecule has 0 saturated carbocycles. The van der Waals surface area contributed by atoms with Crippen molar-refractivity contribution in [1.82, 2.24) is 4.90 Å². The van der Waals surface area contributed by atoms with Crippen molar-refractivity contribution >= 4 is 7.82 Å². The van der Waals surface area contributed by atoms with Crippen molar-refractivity contribution < 1.29 is 24.0 Å². The lowest BCUT2D eigenvalue weighted by molar-refractivity contribution is 0.174. The Hall–Kier alpha value is 0.0300. The lowest BCUT2D eigenvalue weighted by atomic mass is 10.3. The summed E-state index contributed by atoms with van der Waals surface area (Å²) in [6, 6.07) is 0. The first kappa shape index (κ1) is 16.0. The van der Waals surface area contributed by atoms with Crippen LogP contribution in [0.2, 0.25) is 0 Å². The number of aliphatic hydroxyl groups excluding tert-OH is 1. The highest BCUT2D eigenvalue weighted by Gasteiger charge is 2.13. The SMILES string of the molecule is CCCN(CCCO)CCCOP(=O)(O)O. The molecule has 0 aliphatic carbocycles. The van der Waals surface area contributed by atoms with Gasteiger partial charge in [-0.05, 0) is 25.8 Å². The first-order valence-corrected chi connectivity index (χ1v) is 7.06. The molecule has 16 heavy (non-hydrogen) atoms. The van der Waals surface area contributed by atoms with E-state index in [0.29, 0.717) is 6.42 Å². The Labute approximate surface area is 96.5 Å². The zero-order valence-corrected chi connectivity index (χ0v) is 10.6. The summed E-state index contributed by atoms with van der Waals surface area (Å²) in [6.07, 6.45) is 2.32. The van der Waals surface area contributed by atoms with Gasteiger partial charge in [0.25, 0.3) is 0 Å². The van der Waals surface area contributed by atoms with E-state index < -0.39 is 7.82 Å². The largest absolute Gasteiger partial charge is 0.469 e. The van der Waals surface area contributed by atoms with Gasteiger partial charge in [0.1, 0.15) is 0 Å². The molecular formula is C9H22NO5P. The molecule has 0 aliphatic heterocycles. The highest BCUT2D eigenvalue weighted by atomic mass is 31.2. The number of nitrogens with zero attached hydrogens (tertiary/aromatic N) is 1. The molecule has 0 rings (SSSR count). The normalized spacial score (nSPS) is 12.3. The molecule has 0 unspecified atom stereocenters. The second-order valence-electron chi connectivity index (χ2n) is 3.60. The molecule has 0 atom stereocenters. The van der Waals surface area contributed by atoms with Crippen molar-refractivity contribution in [2.24, 2.45) is 0 Å². The number of hydrogen-bond donors (Lipinski definition) is 3. The fraction of sp³-hybridized carbons (Fsp3) is 1.00. The van der Waals surface area contributed by atoms with Gasteiger partial charge in [0.2, 0.25) is 0 Å². The second-order valence-corrected chi connectivity index (χ2v) is 4.84. The minimum absolute atomic E-state index is 0.0591. The Morgan fingerprint density at radius 3 is 2.31 bits per heavy atom. The first-order valence-electron chi connectivity index (χ1n) is 5.53. The highest BCUT2D eigenvalue weighted by molar-refractivity contribution is 7.46. The molecular weight excluding hydrogens is 233 g/mol. The van der Waals surface area contributed by atoms with E-state index in [-0.39, 0.29) is 13.2 Å². The van der Waals surface area contributed by atoms with E-state index in [2.05, 4.69) is 16.3 Å². The van der Waals surface area contributed by atoms with Crippen LogP contribution in [-0.2, 0) is 9.09 Å². The monoisotopic (exact) mass is 255 g/mol. The van der Waals surface area contributed by atoms with Crippen LogP contribution in [0.5, 0.6) is 0 Å². The lowest BCUT2D eigenvalue weighted by Crippen LogP contribution is -2.28. The van der Waals surface area contributed by atoms with Gasteiger partial charge in [-0.1, -0.05) is 6.92 Å². The van der Waals surface area contributed by atoms with Gasteiger partial charge >= 0.3 is 7.82 Å². The third kappa shape index (κ3) is 10.5. The minimum Gasteiger partial charge on any atom is -0.396 e. The summed E-state index contributed by atoms with van der Waals surface area (Å²) in [5.41, 5.74) is 0. The van der Waals surface area contributed by atoms with Crippen LogP contribution in [0.25, 0.3) is 0 Å². The first-order chi connectivity index (χ1) is 7.49. The minimum atomic E-state index is -4.32. The molecule has 0 aromatic carbocycles. The summed E-state index contributed by atoms with van der Waals surface area (Å²) < 4.78 is 14.8. The van der Waals surface area contributed by atoms with Crippen LogP contribution < -0.4 is 0 Å². The predicted molar refractivity (Wildman–Crippen MR) is 61.0 cm³/mol. The van der Waals surface area contributed by atoms with E-state index in [4.69, 9.17) is 14.9 Å². The van der Waals surface area contributed by atoms with Gasteiger partial charge in [0.05, 0.1) is 6.61 Å². The molecule has 0 heterocycles. The Balaban J connectivity index is 3.62. The van der Waals surface area contributed by atoms with E-state index >= 15 is 0 Å². The van der Waals surface area contributed by atoms with Crippen molar-refractivity contribution in [2.75, 3.05) is 32.8 Å². The van der Waals surface area contributed by atoms with Gasteiger partial charge in [0, 0.05) is 19.7 Å². The standard InChI is InChI=1S/C9H22NO5P/c1-2-5-10(6-3-8-11)7-4-9-15-16(12,13)14/h11H,2-9H2,1H3,(H2,12,13,14). The maximum Gasteiger partial charge on any atom is 0.469 e. The van der Waals surface area contributed by atoms with Crippen molar-refractivity contribution in [1.29, 1.82) is 0 Å². The smallest absolute Gasteiger partial charge is 0.396 e.